The summed E-state index contributed by atoms with van der Waals surface area (Å²) in [5.41, 5.74) is 1.21. The van der Waals surface area contributed by atoms with Crippen LogP contribution in [0.4, 0.5) is 0 Å². The van der Waals surface area contributed by atoms with E-state index in [9.17, 15) is 5.11 Å². The van der Waals surface area contributed by atoms with Crippen molar-refractivity contribution >= 4 is 0 Å². The van der Waals surface area contributed by atoms with Gasteiger partial charge in [0.05, 0.1) is 0 Å². The number of hydrogen-bond donors (Lipinski definition) is 1. The Kier molecular flexibility index (Phi) is 5.67. The van der Waals surface area contributed by atoms with Gasteiger partial charge in [-0.2, -0.15) is 0 Å². The monoisotopic (exact) mass is 263 g/mol. The van der Waals surface area contributed by atoms with Crippen LogP contribution in [-0.4, -0.2) is 36.3 Å². The lowest BCUT2D eigenvalue weighted by molar-refractivity contribution is 0.116. The minimum absolute atomic E-state index is 0.366. The van der Waals surface area contributed by atoms with Crippen molar-refractivity contribution in [1.82, 2.24) is 4.90 Å². The first-order valence-electron chi connectivity index (χ1n) is 7.30. The molecule has 1 aliphatic rings. The predicted octanol–water partition coefficient (Wildman–Crippen LogP) is 3.17. The molecule has 1 N–H and O–H groups in total. The lowest BCUT2D eigenvalue weighted by atomic mass is 9.97. The third-order valence-corrected chi connectivity index (χ3v) is 3.93. The number of nitrogens with zero attached hydrogens (tertiary/aromatic N) is 1. The standard InChI is InChI=1S/C16H25NO2/c1-19-11-5-8-15-7-2-3-10-17(15)13-14-6-4-9-16(18)12-14/h4,6,9,12,15,18H,2-3,5,7-8,10-11,13H2,1H3/t15-/m0/s1. The third kappa shape index (κ3) is 4.51. The fourth-order valence-electron chi connectivity index (χ4n) is 2.95. The van der Waals surface area contributed by atoms with Crippen molar-refractivity contribution in [2.45, 2.75) is 44.7 Å². The second kappa shape index (κ2) is 7.51. The number of phenolic OH excluding ortho intramolecular Hbond substituents is 1. The maximum absolute atomic E-state index is 9.55. The topological polar surface area (TPSA) is 32.7 Å². The number of methoxy groups -OCH3 is 1. The van der Waals surface area contributed by atoms with Gasteiger partial charge >= 0.3 is 0 Å². The maximum Gasteiger partial charge on any atom is 0.115 e. The van der Waals surface area contributed by atoms with Crippen LogP contribution in [0.2, 0.25) is 0 Å². The highest BCUT2D eigenvalue weighted by molar-refractivity contribution is 5.27. The molecule has 0 unspecified atom stereocenters. The summed E-state index contributed by atoms with van der Waals surface area (Å²) in [6, 6.07) is 8.30. The van der Waals surface area contributed by atoms with E-state index in [0.29, 0.717) is 11.8 Å². The van der Waals surface area contributed by atoms with Crippen molar-refractivity contribution in [3.63, 3.8) is 0 Å². The van der Waals surface area contributed by atoms with E-state index in [-0.39, 0.29) is 0 Å². The first-order valence-corrected chi connectivity index (χ1v) is 7.30. The third-order valence-electron chi connectivity index (χ3n) is 3.93. The summed E-state index contributed by atoms with van der Waals surface area (Å²) >= 11 is 0. The van der Waals surface area contributed by atoms with Crippen LogP contribution in [0.3, 0.4) is 0 Å². The van der Waals surface area contributed by atoms with Gasteiger partial charge in [-0.05, 0) is 49.9 Å². The Bertz CT molecular complexity index is 381. The van der Waals surface area contributed by atoms with Crippen molar-refractivity contribution in [1.29, 1.82) is 0 Å². The number of benzene rings is 1. The van der Waals surface area contributed by atoms with Gasteiger partial charge in [0.1, 0.15) is 5.75 Å². The van der Waals surface area contributed by atoms with Crippen molar-refractivity contribution < 1.29 is 9.84 Å². The molecular weight excluding hydrogens is 238 g/mol. The number of phenols is 1. The molecule has 1 aromatic rings. The highest BCUT2D eigenvalue weighted by atomic mass is 16.5. The Hall–Kier alpha value is -1.06. The highest BCUT2D eigenvalue weighted by Gasteiger charge is 2.21. The van der Waals surface area contributed by atoms with E-state index in [1.165, 1.54) is 37.8 Å². The van der Waals surface area contributed by atoms with Crippen molar-refractivity contribution in [2.75, 3.05) is 20.3 Å². The molecule has 106 valence electrons. The molecule has 0 radical (unpaired) electrons. The van der Waals surface area contributed by atoms with Gasteiger partial charge in [-0.1, -0.05) is 18.6 Å². The summed E-state index contributed by atoms with van der Waals surface area (Å²) in [6.07, 6.45) is 6.28. The molecule has 1 aromatic carbocycles. The first kappa shape index (κ1) is 14.4. The minimum atomic E-state index is 0.366. The normalized spacial score (nSPS) is 20.6. The second-order valence-electron chi connectivity index (χ2n) is 5.43. The lowest BCUT2D eigenvalue weighted by Crippen LogP contribution is -2.39. The molecule has 2 rings (SSSR count). The van der Waals surface area contributed by atoms with Crippen LogP contribution < -0.4 is 0 Å². The second-order valence-corrected chi connectivity index (χ2v) is 5.43. The minimum Gasteiger partial charge on any atom is -0.508 e. The molecule has 0 amide bonds. The average Bonchev–Trinajstić information content (AvgIpc) is 2.41. The van der Waals surface area contributed by atoms with E-state index >= 15 is 0 Å². The van der Waals surface area contributed by atoms with Gasteiger partial charge in [0, 0.05) is 26.3 Å². The van der Waals surface area contributed by atoms with Gasteiger partial charge < -0.3 is 9.84 Å². The first-order chi connectivity index (χ1) is 9.29. The molecule has 0 bridgehead atoms. The lowest BCUT2D eigenvalue weighted by Gasteiger charge is -2.36. The van der Waals surface area contributed by atoms with Gasteiger partial charge in [-0.25, -0.2) is 0 Å². The highest BCUT2D eigenvalue weighted by Crippen LogP contribution is 2.23. The van der Waals surface area contributed by atoms with Gasteiger partial charge in [0.15, 0.2) is 0 Å². The molecule has 0 saturated carbocycles. The molecule has 0 aliphatic carbocycles. The molecule has 3 heteroatoms. The Morgan fingerprint density at radius 3 is 3.05 bits per heavy atom. The van der Waals surface area contributed by atoms with Crippen LogP contribution in [0, 0.1) is 0 Å². The molecule has 1 atom stereocenters. The van der Waals surface area contributed by atoms with E-state index < -0.39 is 0 Å². The van der Waals surface area contributed by atoms with Gasteiger partial charge in [0.2, 0.25) is 0 Å². The van der Waals surface area contributed by atoms with E-state index in [1.807, 2.05) is 12.1 Å². The smallest absolute Gasteiger partial charge is 0.115 e. The molecule has 0 aromatic heterocycles. The summed E-state index contributed by atoms with van der Waals surface area (Å²) in [5, 5.41) is 9.55. The molecule has 0 spiro atoms. The van der Waals surface area contributed by atoms with Gasteiger partial charge in [-0.15, -0.1) is 0 Å². The van der Waals surface area contributed by atoms with Crippen LogP contribution in [0.5, 0.6) is 5.75 Å². The molecule has 19 heavy (non-hydrogen) atoms. The molecule has 1 fully saturated rings. The predicted molar refractivity (Wildman–Crippen MR) is 77.3 cm³/mol. The van der Waals surface area contributed by atoms with Gasteiger partial charge in [0.25, 0.3) is 0 Å². The van der Waals surface area contributed by atoms with Crippen molar-refractivity contribution in [3.05, 3.63) is 29.8 Å². The van der Waals surface area contributed by atoms with E-state index in [0.717, 1.165) is 19.6 Å². The van der Waals surface area contributed by atoms with E-state index in [4.69, 9.17) is 4.74 Å². The number of rotatable bonds is 6. The summed E-state index contributed by atoms with van der Waals surface area (Å²) in [7, 11) is 1.77. The molecule has 3 nitrogen and oxygen atoms in total. The van der Waals surface area contributed by atoms with E-state index in [1.54, 1.807) is 13.2 Å². The Morgan fingerprint density at radius 1 is 1.37 bits per heavy atom. The zero-order chi connectivity index (χ0) is 13.5. The summed E-state index contributed by atoms with van der Waals surface area (Å²) in [4.78, 5) is 2.56. The number of ether oxygens (including phenoxy) is 1. The van der Waals surface area contributed by atoms with Crippen LogP contribution in [0.1, 0.15) is 37.7 Å². The number of piperidine rings is 1. The Balaban J connectivity index is 1.91. The molecule has 1 heterocycles. The number of likely N-dealkylation sites (tertiary alicyclic amines) is 1. The van der Waals surface area contributed by atoms with Crippen molar-refractivity contribution in [3.8, 4) is 5.75 Å². The maximum atomic E-state index is 9.55. The number of aromatic hydroxyl groups is 1. The average molecular weight is 263 g/mol. The fraction of sp³-hybridized carbons (Fsp3) is 0.625. The summed E-state index contributed by atoms with van der Waals surface area (Å²) in [6.45, 7) is 2.98. The zero-order valence-electron chi connectivity index (χ0n) is 11.8. The SMILES string of the molecule is COCCC[C@@H]1CCCCN1Cc1cccc(O)c1. The Morgan fingerprint density at radius 2 is 2.26 bits per heavy atom. The van der Waals surface area contributed by atoms with Gasteiger partial charge in [-0.3, -0.25) is 4.90 Å². The van der Waals surface area contributed by atoms with Crippen LogP contribution in [0.15, 0.2) is 24.3 Å². The van der Waals surface area contributed by atoms with E-state index in [2.05, 4.69) is 11.0 Å². The quantitative estimate of drug-likeness (QED) is 0.800. The van der Waals surface area contributed by atoms with Crippen LogP contribution in [0.25, 0.3) is 0 Å². The Labute approximate surface area is 116 Å². The fourth-order valence-corrected chi connectivity index (χ4v) is 2.95. The molecule has 1 aliphatic heterocycles. The summed E-state index contributed by atoms with van der Waals surface area (Å²) in [5.74, 6) is 0.366. The molecule has 1 saturated heterocycles. The largest absolute Gasteiger partial charge is 0.508 e. The molecular formula is C16H25NO2. The number of hydrogen-bond acceptors (Lipinski definition) is 3. The van der Waals surface area contributed by atoms with Crippen LogP contribution in [-0.2, 0) is 11.3 Å². The van der Waals surface area contributed by atoms with Crippen molar-refractivity contribution in [2.24, 2.45) is 0 Å². The summed E-state index contributed by atoms with van der Waals surface area (Å²) < 4.78 is 5.15. The van der Waals surface area contributed by atoms with Crippen LogP contribution >= 0.6 is 0 Å². The zero-order valence-corrected chi connectivity index (χ0v) is 11.8.